The number of imide groups is 1. The van der Waals surface area contributed by atoms with E-state index in [1.54, 1.807) is 24.3 Å². The fourth-order valence-electron chi connectivity index (χ4n) is 2.34. The minimum atomic E-state index is -0.879. The van der Waals surface area contributed by atoms with Gasteiger partial charge in [0.05, 0.1) is 29.5 Å². The van der Waals surface area contributed by atoms with Crippen LogP contribution in [0.3, 0.4) is 0 Å². The molecule has 0 spiro atoms. The second-order valence-electron chi connectivity index (χ2n) is 4.65. The Bertz CT molecular complexity index is 781. The molecule has 0 bridgehead atoms. The van der Waals surface area contributed by atoms with Crippen molar-refractivity contribution in [3.63, 3.8) is 0 Å². The summed E-state index contributed by atoms with van der Waals surface area (Å²) in [5.41, 5.74) is 0.331. The maximum atomic E-state index is 13.7. The number of hydrogen-bond donors (Lipinski definition) is 0. The van der Waals surface area contributed by atoms with Gasteiger partial charge in [0, 0.05) is 0 Å². The van der Waals surface area contributed by atoms with Crippen LogP contribution in [0, 0.1) is 5.82 Å². The van der Waals surface area contributed by atoms with Gasteiger partial charge in [0.2, 0.25) is 0 Å². The van der Waals surface area contributed by atoms with Gasteiger partial charge in [0.1, 0.15) is 5.82 Å². The molecule has 2 aromatic rings. The van der Waals surface area contributed by atoms with Gasteiger partial charge >= 0.3 is 5.97 Å². The highest BCUT2D eigenvalue weighted by atomic mass is 19.1. The number of carbonyl (C=O) groups is 3. The Balaban J connectivity index is 2.08. The number of hydrogen-bond acceptors (Lipinski definition) is 4. The summed E-state index contributed by atoms with van der Waals surface area (Å²) in [6.07, 6.45) is 0. The van der Waals surface area contributed by atoms with E-state index >= 15 is 0 Å². The second kappa shape index (κ2) is 5.07. The third-order valence-electron chi connectivity index (χ3n) is 3.41. The Kier molecular flexibility index (Phi) is 3.21. The smallest absolute Gasteiger partial charge is 0.340 e. The van der Waals surface area contributed by atoms with Gasteiger partial charge in [0.15, 0.2) is 0 Å². The van der Waals surface area contributed by atoms with Gasteiger partial charge in [0.25, 0.3) is 11.8 Å². The molecule has 0 saturated carbocycles. The summed E-state index contributed by atoms with van der Waals surface area (Å²) in [5, 5.41) is 0. The number of esters is 1. The van der Waals surface area contributed by atoms with E-state index in [0.29, 0.717) is 0 Å². The van der Waals surface area contributed by atoms with Crippen LogP contribution < -0.4 is 4.90 Å². The fraction of sp³-hybridized carbons (Fsp3) is 0.0625. The zero-order chi connectivity index (χ0) is 15.9. The Hall–Kier alpha value is -3.02. The molecule has 0 aliphatic carbocycles. The van der Waals surface area contributed by atoms with Gasteiger partial charge in [-0.1, -0.05) is 12.1 Å². The third kappa shape index (κ3) is 1.96. The molecular formula is C16H10FNO4. The molecule has 5 nitrogen and oxygen atoms in total. The average molecular weight is 299 g/mol. The van der Waals surface area contributed by atoms with Crippen LogP contribution in [0.2, 0.25) is 0 Å². The van der Waals surface area contributed by atoms with Gasteiger partial charge in [-0.25, -0.2) is 14.1 Å². The van der Waals surface area contributed by atoms with E-state index in [2.05, 4.69) is 4.74 Å². The van der Waals surface area contributed by atoms with Gasteiger partial charge in [-0.2, -0.15) is 0 Å². The van der Waals surface area contributed by atoms with Crippen LogP contribution in [-0.2, 0) is 4.74 Å². The lowest BCUT2D eigenvalue weighted by molar-refractivity contribution is 0.0594. The Morgan fingerprint density at radius 1 is 1.05 bits per heavy atom. The predicted octanol–water partition coefficient (Wildman–Crippen LogP) is 2.41. The number of benzene rings is 2. The van der Waals surface area contributed by atoms with Gasteiger partial charge in [-0.05, 0) is 30.3 Å². The van der Waals surface area contributed by atoms with Crippen molar-refractivity contribution in [1.82, 2.24) is 0 Å². The number of carbonyl (C=O) groups excluding carboxylic acids is 3. The molecule has 0 atom stereocenters. The molecule has 0 aromatic heterocycles. The summed E-state index contributed by atoms with van der Waals surface area (Å²) in [6, 6.07) is 9.80. The summed E-state index contributed by atoms with van der Waals surface area (Å²) in [6.45, 7) is 0. The summed E-state index contributed by atoms with van der Waals surface area (Å²) in [7, 11) is 1.12. The van der Waals surface area contributed by atoms with E-state index in [-0.39, 0.29) is 22.4 Å². The van der Waals surface area contributed by atoms with Crippen molar-refractivity contribution in [2.24, 2.45) is 0 Å². The van der Waals surface area contributed by atoms with Crippen LogP contribution in [0.25, 0.3) is 0 Å². The SMILES string of the molecule is COC(=O)c1cc(N2C(=O)c3ccccc3C2=O)ccc1F. The highest BCUT2D eigenvalue weighted by Crippen LogP contribution is 2.29. The zero-order valence-corrected chi connectivity index (χ0v) is 11.5. The van der Waals surface area contributed by atoms with Gasteiger partial charge in [-0.15, -0.1) is 0 Å². The van der Waals surface area contributed by atoms with E-state index in [4.69, 9.17) is 0 Å². The topological polar surface area (TPSA) is 63.7 Å². The Morgan fingerprint density at radius 3 is 2.18 bits per heavy atom. The van der Waals surface area contributed by atoms with Crippen LogP contribution in [-0.4, -0.2) is 24.9 Å². The first-order valence-corrected chi connectivity index (χ1v) is 6.40. The first kappa shape index (κ1) is 13.9. The molecule has 0 fully saturated rings. The molecule has 0 radical (unpaired) electrons. The molecule has 0 N–H and O–H groups in total. The lowest BCUT2D eigenvalue weighted by Crippen LogP contribution is -2.29. The van der Waals surface area contributed by atoms with Crippen LogP contribution >= 0.6 is 0 Å². The zero-order valence-electron chi connectivity index (χ0n) is 11.5. The lowest BCUT2D eigenvalue weighted by atomic mass is 10.1. The maximum Gasteiger partial charge on any atom is 0.340 e. The molecule has 2 amide bonds. The minimum Gasteiger partial charge on any atom is -0.465 e. The van der Waals surface area contributed by atoms with Gasteiger partial charge in [-0.3, -0.25) is 9.59 Å². The summed E-state index contributed by atoms with van der Waals surface area (Å²) in [4.78, 5) is 37.1. The normalized spacial score (nSPS) is 13.3. The molecule has 1 aliphatic rings. The molecule has 3 rings (SSSR count). The minimum absolute atomic E-state index is 0.119. The monoisotopic (exact) mass is 299 g/mol. The Morgan fingerprint density at radius 2 is 1.64 bits per heavy atom. The lowest BCUT2D eigenvalue weighted by Gasteiger charge is -2.15. The number of ether oxygens (including phenoxy) is 1. The molecule has 1 heterocycles. The molecule has 0 unspecified atom stereocenters. The second-order valence-corrected chi connectivity index (χ2v) is 4.65. The number of amides is 2. The molecule has 22 heavy (non-hydrogen) atoms. The number of fused-ring (bicyclic) bond motifs is 1. The predicted molar refractivity (Wildman–Crippen MR) is 75.3 cm³/mol. The molecule has 6 heteroatoms. The highest BCUT2D eigenvalue weighted by molar-refractivity contribution is 6.34. The van der Waals surface area contributed by atoms with Crippen molar-refractivity contribution < 1.29 is 23.5 Å². The van der Waals surface area contributed by atoms with Crippen molar-refractivity contribution in [1.29, 1.82) is 0 Å². The van der Waals surface area contributed by atoms with Crippen molar-refractivity contribution in [3.05, 3.63) is 65.0 Å². The van der Waals surface area contributed by atoms with Crippen molar-refractivity contribution in [2.45, 2.75) is 0 Å². The maximum absolute atomic E-state index is 13.7. The highest BCUT2D eigenvalue weighted by Gasteiger charge is 2.36. The largest absolute Gasteiger partial charge is 0.465 e. The van der Waals surface area contributed by atoms with E-state index < -0.39 is 23.6 Å². The molecule has 2 aromatic carbocycles. The van der Waals surface area contributed by atoms with Crippen molar-refractivity contribution in [3.8, 4) is 0 Å². The number of methoxy groups -OCH3 is 1. The van der Waals surface area contributed by atoms with Crippen LogP contribution in [0.4, 0.5) is 10.1 Å². The van der Waals surface area contributed by atoms with Crippen molar-refractivity contribution in [2.75, 3.05) is 12.0 Å². The van der Waals surface area contributed by atoms with Gasteiger partial charge < -0.3 is 4.74 Å². The van der Waals surface area contributed by atoms with E-state index in [0.717, 1.165) is 24.1 Å². The average Bonchev–Trinajstić information content (AvgIpc) is 2.79. The van der Waals surface area contributed by atoms with E-state index in [9.17, 15) is 18.8 Å². The summed E-state index contributed by atoms with van der Waals surface area (Å²) < 4.78 is 18.1. The van der Waals surface area contributed by atoms with Crippen LogP contribution in [0.1, 0.15) is 31.1 Å². The van der Waals surface area contributed by atoms with E-state index in [1.165, 1.54) is 6.07 Å². The first-order chi connectivity index (χ1) is 10.5. The fourth-order valence-corrected chi connectivity index (χ4v) is 2.34. The number of anilines is 1. The van der Waals surface area contributed by atoms with Crippen molar-refractivity contribution >= 4 is 23.5 Å². The summed E-state index contributed by atoms with van der Waals surface area (Å²) >= 11 is 0. The molecule has 110 valence electrons. The number of halogens is 1. The third-order valence-corrected chi connectivity index (χ3v) is 3.41. The van der Waals surface area contributed by atoms with Crippen LogP contribution in [0.5, 0.6) is 0 Å². The number of rotatable bonds is 2. The standard InChI is InChI=1S/C16H10FNO4/c1-22-16(21)12-8-9(6-7-13(12)17)18-14(19)10-4-2-3-5-11(10)15(18)20/h2-8H,1H3. The molecule has 0 saturated heterocycles. The summed E-state index contributed by atoms with van der Waals surface area (Å²) in [5.74, 6) is -2.69. The van der Waals surface area contributed by atoms with Crippen LogP contribution in [0.15, 0.2) is 42.5 Å². The quantitative estimate of drug-likeness (QED) is 0.631. The first-order valence-electron chi connectivity index (χ1n) is 6.40. The molecule has 1 aliphatic heterocycles. The Labute approximate surface area is 124 Å². The molecular weight excluding hydrogens is 289 g/mol. The van der Waals surface area contributed by atoms with E-state index in [1.807, 2.05) is 0 Å². The number of nitrogens with zero attached hydrogens (tertiary/aromatic N) is 1.